The highest BCUT2D eigenvalue weighted by molar-refractivity contribution is 7.89. The Morgan fingerprint density at radius 1 is 1.33 bits per heavy atom. The molecule has 2 aromatic rings. The van der Waals surface area contributed by atoms with Gasteiger partial charge in [-0.3, -0.25) is 4.68 Å². The van der Waals surface area contributed by atoms with Gasteiger partial charge in [0.25, 0.3) is 0 Å². The molecule has 0 radical (unpaired) electrons. The first kappa shape index (κ1) is 15.5. The number of hydrogen-bond donors (Lipinski definition) is 2. The van der Waals surface area contributed by atoms with E-state index in [1.54, 1.807) is 14.0 Å². The number of sulfonamides is 1. The average Bonchev–Trinajstić information content (AvgIpc) is 2.78. The predicted molar refractivity (Wildman–Crippen MR) is 82.2 cm³/mol. The summed E-state index contributed by atoms with van der Waals surface area (Å²) in [5.41, 5.74) is 7.74. The first-order chi connectivity index (χ1) is 9.83. The van der Waals surface area contributed by atoms with Crippen molar-refractivity contribution >= 4 is 15.8 Å². The minimum absolute atomic E-state index is 0.00136. The first-order valence-corrected chi connectivity index (χ1v) is 8.22. The molecule has 0 aliphatic rings. The SMILES string of the molecule is CCc1ccc(C(C)NS(=O)(=O)c2cn(C)nc2N)cc1. The van der Waals surface area contributed by atoms with E-state index in [2.05, 4.69) is 16.7 Å². The molecule has 2 rings (SSSR count). The molecule has 114 valence electrons. The Morgan fingerprint density at radius 2 is 1.95 bits per heavy atom. The minimum atomic E-state index is -3.69. The molecule has 0 aliphatic carbocycles. The molecule has 0 saturated carbocycles. The molecule has 1 aromatic heterocycles. The van der Waals surface area contributed by atoms with Gasteiger partial charge in [-0.05, 0) is 24.5 Å². The van der Waals surface area contributed by atoms with E-state index in [1.807, 2.05) is 24.3 Å². The van der Waals surface area contributed by atoms with Gasteiger partial charge in [0.15, 0.2) is 5.82 Å². The van der Waals surface area contributed by atoms with Gasteiger partial charge in [-0.15, -0.1) is 0 Å². The third kappa shape index (κ3) is 3.43. The van der Waals surface area contributed by atoms with Gasteiger partial charge in [0, 0.05) is 19.3 Å². The van der Waals surface area contributed by atoms with Gasteiger partial charge in [-0.25, -0.2) is 13.1 Å². The number of hydrogen-bond acceptors (Lipinski definition) is 4. The fraction of sp³-hybridized carbons (Fsp3) is 0.357. The summed E-state index contributed by atoms with van der Waals surface area (Å²) in [7, 11) is -2.06. The zero-order valence-corrected chi connectivity index (χ0v) is 13.2. The number of rotatable bonds is 5. The Bertz CT molecular complexity index is 720. The Balaban J connectivity index is 2.21. The highest BCUT2D eigenvalue weighted by Crippen LogP contribution is 2.20. The van der Waals surface area contributed by atoms with Gasteiger partial charge >= 0.3 is 0 Å². The van der Waals surface area contributed by atoms with Crippen molar-refractivity contribution in [3.05, 3.63) is 41.6 Å². The highest BCUT2D eigenvalue weighted by Gasteiger charge is 2.23. The number of aromatic nitrogens is 2. The molecule has 0 fully saturated rings. The number of nitrogens with one attached hydrogen (secondary N) is 1. The van der Waals surface area contributed by atoms with E-state index in [1.165, 1.54) is 16.4 Å². The first-order valence-electron chi connectivity index (χ1n) is 6.73. The number of nitrogen functional groups attached to an aromatic ring is 1. The van der Waals surface area contributed by atoms with Crippen LogP contribution in [0, 0.1) is 0 Å². The number of aryl methyl sites for hydroxylation is 2. The molecular formula is C14H20N4O2S. The molecule has 3 N–H and O–H groups in total. The summed E-state index contributed by atoms with van der Waals surface area (Å²) < 4.78 is 28.7. The monoisotopic (exact) mass is 308 g/mol. The lowest BCUT2D eigenvalue weighted by Crippen LogP contribution is -2.27. The Kier molecular flexibility index (Phi) is 4.34. The molecule has 0 bridgehead atoms. The standard InChI is InChI=1S/C14H20N4O2S/c1-4-11-5-7-12(8-6-11)10(2)17-21(19,20)13-9-18(3)16-14(13)15/h5-10,17H,4H2,1-3H3,(H2,15,16). The van der Waals surface area contributed by atoms with Gasteiger partial charge in [0.1, 0.15) is 4.90 Å². The van der Waals surface area contributed by atoms with Gasteiger partial charge in [0.05, 0.1) is 0 Å². The third-order valence-corrected chi connectivity index (χ3v) is 4.89. The summed E-state index contributed by atoms with van der Waals surface area (Å²) in [6, 6.07) is 7.51. The van der Waals surface area contributed by atoms with Crippen molar-refractivity contribution in [1.82, 2.24) is 14.5 Å². The second kappa shape index (κ2) is 5.87. The Hall–Kier alpha value is -1.86. The van der Waals surface area contributed by atoms with E-state index in [9.17, 15) is 8.42 Å². The smallest absolute Gasteiger partial charge is 0.246 e. The van der Waals surface area contributed by atoms with Gasteiger partial charge in [0.2, 0.25) is 10.0 Å². The molecule has 6 nitrogen and oxygen atoms in total. The maximum Gasteiger partial charge on any atom is 0.246 e. The van der Waals surface area contributed by atoms with Crippen molar-refractivity contribution in [3.63, 3.8) is 0 Å². The van der Waals surface area contributed by atoms with Crippen LogP contribution >= 0.6 is 0 Å². The number of nitrogens with two attached hydrogens (primary N) is 1. The van der Waals surface area contributed by atoms with E-state index in [4.69, 9.17) is 5.73 Å². The molecule has 1 atom stereocenters. The fourth-order valence-electron chi connectivity index (χ4n) is 2.10. The topological polar surface area (TPSA) is 90.0 Å². The van der Waals surface area contributed by atoms with Crippen molar-refractivity contribution in [2.75, 3.05) is 5.73 Å². The lowest BCUT2D eigenvalue weighted by atomic mass is 10.1. The van der Waals surface area contributed by atoms with E-state index in [-0.39, 0.29) is 16.8 Å². The second-order valence-corrected chi connectivity index (χ2v) is 6.67. The largest absolute Gasteiger partial charge is 0.381 e. The van der Waals surface area contributed by atoms with Crippen LogP contribution in [0.15, 0.2) is 35.4 Å². The zero-order chi connectivity index (χ0) is 15.6. The summed E-state index contributed by atoms with van der Waals surface area (Å²) in [6.45, 7) is 3.87. The predicted octanol–water partition coefficient (Wildman–Crippen LogP) is 1.60. The molecule has 0 aliphatic heterocycles. The van der Waals surface area contributed by atoms with Crippen LogP contribution in [0.5, 0.6) is 0 Å². The molecular weight excluding hydrogens is 288 g/mol. The maximum atomic E-state index is 12.3. The molecule has 1 unspecified atom stereocenters. The lowest BCUT2D eigenvalue weighted by molar-refractivity contribution is 0.567. The molecule has 0 spiro atoms. The summed E-state index contributed by atoms with van der Waals surface area (Å²) in [5, 5.41) is 3.86. The van der Waals surface area contributed by atoms with Crippen LogP contribution in [-0.4, -0.2) is 18.2 Å². The summed E-state index contributed by atoms with van der Waals surface area (Å²) in [6.07, 6.45) is 2.34. The molecule has 1 aromatic carbocycles. The van der Waals surface area contributed by atoms with Crippen molar-refractivity contribution in [2.45, 2.75) is 31.2 Å². The fourth-order valence-corrected chi connectivity index (χ4v) is 3.43. The van der Waals surface area contributed by atoms with Crippen LogP contribution in [-0.2, 0) is 23.5 Å². The van der Waals surface area contributed by atoms with Crippen LogP contribution in [0.25, 0.3) is 0 Å². The van der Waals surface area contributed by atoms with Crippen molar-refractivity contribution < 1.29 is 8.42 Å². The summed E-state index contributed by atoms with van der Waals surface area (Å²) in [5.74, 6) is -0.00136. The van der Waals surface area contributed by atoms with Crippen LogP contribution in [0.3, 0.4) is 0 Å². The quantitative estimate of drug-likeness (QED) is 0.878. The Morgan fingerprint density at radius 3 is 2.43 bits per heavy atom. The average molecular weight is 308 g/mol. The lowest BCUT2D eigenvalue weighted by Gasteiger charge is -2.14. The van der Waals surface area contributed by atoms with Gasteiger partial charge in [-0.2, -0.15) is 5.10 Å². The summed E-state index contributed by atoms with van der Waals surface area (Å²) >= 11 is 0. The highest BCUT2D eigenvalue weighted by atomic mass is 32.2. The van der Waals surface area contributed by atoms with Gasteiger partial charge < -0.3 is 5.73 Å². The van der Waals surface area contributed by atoms with E-state index < -0.39 is 10.0 Å². The molecule has 21 heavy (non-hydrogen) atoms. The molecule has 1 heterocycles. The van der Waals surface area contributed by atoms with E-state index in [0.29, 0.717) is 0 Å². The summed E-state index contributed by atoms with van der Waals surface area (Å²) in [4.78, 5) is 0.00188. The van der Waals surface area contributed by atoms with E-state index >= 15 is 0 Å². The van der Waals surface area contributed by atoms with Crippen LogP contribution in [0.4, 0.5) is 5.82 Å². The van der Waals surface area contributed by atoms with Crippen LogP contribution in [0.1, 0.15) is 31.0 Å². The number of benzene rings is 1. The Labute approximate surface area is 125 Å². The molecule has 0 saturated heterocycles. The third-order valence-electron chi connectivity index (χ3n) is 3.33. The minimum Gasteiger partial charge on any atom is -0.381 e. The van der Waals surface area contributed by atoms with E-state index in [0.717, 1.165) is 12.0 Å². The van der Waals surface area contributed by atoms with Crippen LogP contribution < -0.4 is 10.5 Å². The molecule has 0 amide bonds. The van der Waals surface area contributed by atoms with Crippen molar-refractivity contribution in [2.24, 2.45) is 7.05 Å². The van der Waals surface area contributed by atoms with Crippen molar-refractivity contribution in [1.29, 1.82) is 0 Å². The van der Waals surface area contributed by atoms with Crippen LogP contribution in [0.2, 0.25) is 0 Å². The maximum absolute atomic E-state index is 12.3. The zero-order valence-electron chi connectivity index (χ0n) is 12.4. The van der Waals surface area contributed by atoms with Gasteiger partial charge in [-0.1, -0.05) is 31.2 Å². The number of anilines is 1. The second-order valence-electron chi connectivity index (χ2n) is 4.99. The normalized spacial score (nSPS) is 13.3. The number of nitrogens with zero attached hydrogens (tertiary/aromatic N) is 2. The molecule has 7 heteroatoms. The van der Waals surface area contributed by atoms with Crippen molar-refractivity contribution in [3.8, 4) is 0 Å².